The van der Waals surface area contributed by atoms with Crippen molar-refractivity contribution < 1.29 is 23.0 Å². The molecule has 1 rings (SSSR count). The summed E-state index contributed by atoms with van der Waals surface area (Å²) in [5, 5.41) is 12.8. The third-order valence-electron chi connectivity index (χ3n) is 2.35. The van der Waals surface area contributed by atoms with Gasteiger partial charge in [0.05, 0.1) is 19.8 Å². The maximum absolute atomic E-state index is 11.9. The lowest BCUT2D eigenvalue weighted by Gasteiger charge is -2.21. The molecule has 110 valence electrons. The molecule has 0 spiro atoms. The molecule has 1 N–H and O–H groups in total. The summed E-state index contributed by atoms with van der Waals surface area (Å²) in [4.78, 5) is 5.59. The summed E-state index contributed by atoms with van der Waals surface area (Å²) in [5.41, 5.74) is 0. The van der Waals surface area contributed by atoms with Gasteiger partial charge in [0, 0.05) is 19.6 Å². The van der Waals surface area contributed by atoms with Crippen LogP contribution < -0.4 is 0 Å². The van der Waals surface area contributed by atoms with Gasteiger partial charge in [-0.3, -0.25) is 9.58 Å². The fourth-order valence-electron chi connectivity index (χ4n) is 1.45. The first-order valence-corrected chi connectivity index (χ1v) is 5.81. The minimum absolute atomic E-state index is 0.0309. The average molecular weight is 282 g/mol. The summed E-state index contributed by atoms with van der Waals surface area (Å²) >= 11 is 0. The molecule has 9 heteroatoms. The van der Waals surface area contributed by atoms with E-state index < -0.39 is 12.8 Å². The number of ether oxygens (including phenoxy) is 1. The van der Waals surface area contributed by atoms with Gasteiger partial charge in [-0.05, 0) is 0 Å². The molecular formula is C10H17F3N4O2. The van der Waals surface area contributed by atoms with Gasteiger partial charge in [-0.1, -0.05) is 0 Å². The van der Waals surface area contributed by atoms with Crippen LogP contribution in [0.15, 0.2) is 12.7 Å². The Bertz CT molecular complexity index is 332. The summed E-state index contributed by atoms with van der Waals surface area (Å²) in [7, 11) is 0. The van der Waals surface area contributed by atoms with E-state index in [2.05, 4.69) is 14.8 Å². The van der Waals surface area contributed by atoms with Gasteiger partial charge in [-0.2, -0.15) is 18.3 Å². The second kappa shape index (κ2) is 8.08. The highest BCUT2D eigenvalue weighted by Crippen LogP contribution is 2.14. The van der Waals surface area contributed by atoms with Crippen LogP contribution in [0, 0.1) is 0 Å². The second-order valence-corrected chi connectivity index (χ2v) is 3.89. The molecule has 0 bridgehead atoms. The lowest BCUT2D eigenvalue weighted by Crippen LogP contribution is -2.34. The lowest BCUT2D eigenvalue weighted by atomic mass is 10.4. The Kier molecular flexibility index (Phi) is 6.74. The van der Waals surface area contributed by atoms with Crippen LogP contribution in [-0.4, -0.2) is 70.4 Å². The number of halogens is 3. The van der Waals surface area contributed by atoms with Gasteiger partial charge in [0.2, 0.25) is 0 Å². The number of hydrogen-bond donors (Lipinski definition) is 1. The van der Waals surface area contributed by atoms with Gasteiger partial charge < -0.3 is 9.84 Å². The highest BCUT2D eigenvalue weighted by Gasteiger charge is 2.27. The Hall–Kier alpha value is -1.19. The maximum Gasteiger partial charge on any atom is 0.411 e. The summed E-state index contributed by atoms with van der Waals surface area (Å²) in [5.74, 6) is 0. The minimum atomic E-state index is -4.30. The van der Waals surface area contributed by atoms with Crippen molar-refractivity contribution in [2.45, 2.75) is 12.7 Å². The molecule has 1 aromatic rings. The van der Waals surface area contributed by atoms with E-state index in [-0.39, 0.29) is 13.2 Å². The standard InChI is InChI=1S/C10H17F3N4O2/c11-10(12,13)7-19-6-4-16(3-5-18)1-2-17-9-14-8-15-17/h8-9,18H,1-7H2. The first-order valence-electron chi connectivity index (χ1n) is 5.81. The van der Waals surface area contributed by atoms with E-state index in [0.29, 0.717) is 26.2 Å². The molecule has 0 fully saturated rings. The van der Waals surface area contributed by atoms with Gasteiger partial charge in [0.25, 0.3) is 0 Å². The lowest BCUT2D eigenvalue weighted by molar-refractivity contribution is -0.174. The van der Waals surface area contributed by atoms with Gasteiger partial charge in [0.1, 0.15) is 19.3 Å². The SMILES string of the molecule is OCCN(CCOCC(F)(F)F)CCn1cncn1. The second-order valence-electron chi connectivity index (χ2n) is 3.89. The predicted molar refractivity (Wildman–Crippen MR) is 60.4 cm³/mol. The van der Waals surface area contributed by atoms with E-state index in [9.17, 15) is 13.2 Å². The smallest absolute Gasteiger partial charge is 0.395 e. The molecule has 0 atom stereocenters. The fourth-order valence-corrected chi connectivity index (χ4v) is 1.45. The summed E-state index contributed by atoms with van der Waals surface area (Å²) in [6, 6.07) is 0. The van der Waals surface area contributed by atoms with Gasteiger partial charge in [0.15, 0.2) is 0 Å². The molecule has 0 aliphatic heterocycles. The van der Waals surface area contributed by atoms with Crippen molar-refractivity contribution in [2.75, 3.05) is 39.5 Å². The molecule has 6 nitrogen and oxygen atoms in total. The van der Waals surface area contributed by atoms with Crippen molar-refractivity contribution >= 4 is 0 Å². The van der Waals surface area contributed by atoms with Gasteiger partial charge in [-0.25, -0.2) is 4.98 Å². The van der Waals surface area contributed by atoms with Crippen molar-refractivity contribution in [2.24, 2.45) is 0 Å². The Morgan fingerprint density at radius 2 is 2.05 bits per heavy atom. The van der Waals surface area contributed by atoms with Crippen LogP contribution in [0.1, 0.15) is 0 Å². The Morgan fingerprint density at radius 3 is 2.63 bits per heavy atom. The van der Waals surface area contributed by atoms with Gasteiger partial charge in [-0.15, -0.1) is 0 Å². The molecule has 1 aromatic heterocycles. The molecule has 0 unspecified atom stereocenters. The summed E-state index contributed by atoms with van der Waals surface area (Å²) in [6.45, 7) is 0.477. The van der Waals surface area contributed by atoms with E-state index in [1.54, 1.807) is 15.9 Å². The predicted octanol–water partition coefficient (Wildman–Crippen LogP) is 0.151. The summed E-state index contributed by atoms with van der Waals surface area (Å²) in [6.07, 6.45) is -1.34. The molecule has 0 saturated heterocycles. The van der Waals surface area contributed by atoms with E-state index in [4.69, 9.17) is 5.11 Å². The minimum Gasteiger partial charge on any atom is -0.395 e. The topological polar surface area (TPSA) is 63.4 Å². The van der Waals surface area contributed by atoms with Crippen molar-refractivity contribution in [3.63, 3.8) is 0 Å². The van der Waals surface area contributed by atoms with Crippen LogP contribution in [0.3, 0.4) is 0 Å². The number of rotatable bonds is 9. The monoisotopic (exact) mass is 282 g/mol. The van der Waals surface area contributed by atoms with E-state index in [0.717, 1.165) is 0 Å². The first-order chi connectivity index (χ1) is 9.01. The zero-order valence-corrected chi connectivity index (χ0v) is 10.4. The Balaban J connectivity index is 2.20. The largest absolute Gasteiger partial charge is 0.411 e. The average Bonchev–Trinajstić information content (AvgIpc) is 2.83. The zero-order valence-electron chi connectivity index (χ0n) is 10.4. The van der Waals surface area contributed by atoms with Crippen LogP contribution in [0.5, 0.6) is 0 Å². The van der Waals surface area contributed by atoms with E-state index in [1.807, 2.05) is 0 Å². The van der Waals surface area contributed by atoms with Crippen LogP contribution in [0.25, 0.3) is 0 Å². The number of alkyl halides is 3. The molecule has 0 radical (unpaired) electrons. The van der Waals surface area contributed by atoms with Crippen molar-refractivity contribution in [3.8, 4) is 0 Å². The highest BCUT2D eigenvalue weighted by atomic mass is 19.4. The number of aliphatic hydroxyl groups is 1. The van der Waals surface area contributed by atoms with Crippen LogP contribution in [0.4, 0.5) is 13.2 Å². The number of hydrogen-bond acceptors (Lipinski definition) is 5. The number of nitrogens with zero attached hydrogens (tertiary/aromatic N) is 4. The molecule has 0 saturated carbocycles. The fraction of sp³-hybridized carbons (Fsp3) is 0.800. The number of aromatic nitrogens is 3. The van der Waals surface area contributed by atoms with Crippen LogP contribution >= 0.6 is 0 Å². The third kappa shape index (κ3) is 7.75. The van der Waals surface area contributed by atoms with Crippen LogP contribution in [-0.2, 0) is 11.3 Å². The molecule has 0 amide bonds. The molecule has 0 aliphatic carbocycles. The maximum atomic E-state index is 11.9. The number of aliphatic hydroxyl groups excluding tert-OH is 1. The summed E-state index contributed by atoms with van der Waals surface area (Å²) < 4.78 is 41.7. The van der Waals surface area contributed by atoms with Crippen molar-refractivity contribution in [1.82, 2.24) is 19.7 Å². The zero-order chi connectivity index (χ0) is 14.1. The molecule has 0 aliphatic rings. The van der Waals surface area contributed by atoms with E-state index in [1.165, 1.54) is 6.33 Å². The molecule has 19 heavy (non-hydrogen) atoms. The molecular weight excluding hydrogens is 265 g/mol. The van der Waals surface area contributed by atoms with Gasteiger partial charge >= 0.3 is 6.18 Å². The Labute approximate surface area is 108 Å². The molecule has 0 aromatic carbocycles. The third-order valence-corrected chi connectivity index (χ3v) is 2.35. The van der Waals surface area contributed by atoms with Crippen molar-refractivity contribution in [1.29, 1.82) is 0 Å². The van der Waals surface area contributed by atoms with Crippen molar-refractivity contribution in [3.05, 3.63) is 12.7 Å². The highest BCUT2D eigenvalue weighted by molar-refractivity contribution is 4.61. The first kappa shape index (κ1) is 15.9. The van der Waals surface area contributed by atoms with E-state index >= 15 is 0 Å². The Morgan fingerprint density at radius 1 is 1.26 bits per heavy atom. The molecule has 1 heterocycles. The normalized spacial score (nSPS) is 12.3. The van der Waals surface area contributed by atoms with Crippen LogP contribution in [0.2, 0.25) is 0 Å². The quantitative estimate of drug-likeness (QED) is 0.653.